The third-order valence-corrected chi connectivity index (χ3v) is 6.04. The van der Waals surface area contributed by atoms with E-state index in [9.17, 15) is 9.18 Å². The summed E-state index contributed by atoms with van der Waals surface area (Å²) in [5.74, 6) is 0.693. The van der Waals surface area contributed by atoms with E-state index in [1.54, 1.807) is 29.8 Å². The van der Waals surface area contributed by atoms with E-state index in [2.05, 4.69) is 25.1 Å². The third kappa shape index (κ3) is 3.98. The van der Waals surface area contributed by atoms with Gasteiger partial charge in [-0.05, 0) is 36.1 Å². The molecule has 0 saturated carbocycles. The van der Waals surface area contributed by atoms with Gasteiger partial charge in [0, 0.05) is 32.7 Å². The summed E-state index contributed by atoms with van der Waals surface area (Å²) >= 11 is 1.66. The first-order chi connectivity index (χ1) is 13.6. The highest BCUT2D eigenvalue weighted by atomic mass is 32.1. The number of carbonyl (C=O) groups is 1. The Labute approximate surface area is 167 Å². The van der Waals surface area contributed by atoms with Gasteiger partial charge in [0.25, 0.3) is 0 Å². The monoisotopic (exact) mass is 399 g/mol. The van der Waals surface area contributed by atoms with Gasteiger partial charge in [-0.3, -0.25) is 9.69 Å². The number of fused-ring (bicyclic) bond motifs is 1. The van der Waals surface area contributed by atoms with E-state index in [0.717, 1.165) is 47.8 Å². The molecule has 8 heteroatoms. The number of anilines is 1. The van der Waals surface area contributed by atoms with E-state index in [1.807, 2.05) is 18.4 Å². The van der Waals surface area contributed by atoms with Crippen LogP contribution in [0.4, 0.5) is 10.2 Å². The number of aromatic nitrogens is 2. The lowest BCUT2D eigenvalue weighted by molar-refractivity contribution is -0.126. The topological polar surface area (TPSA) is 61.4 Å². The third-order valence-electron chi connectivity index (χ3n) is 5.15. The van der Waals surface area contributed by atoms with Gasteiger partial charge in [0.2, 0.25) is 5.91 Å². The van der Waals surface area contributed by atoms with Crippen molar-refractivity contribution >= 4 is 33.3 Å². The van der Waals surface area contributed by atoms with E-state index in [1.165, 1.54) is 12.1 Å². The Hall–Kier alpha value is -2.58. The fourth-order valence-electron chi connectivity index (χ4n) is 3.43. The summed E-state index contributed by atoms with van der Waals surface area (Å²) in [4.78, 5) is 25.7. The van der Waals surface area contributed by atoms with Crippen LogP contribution in [0.5, 0.6) is 0 Å². The lowest BCUT2D eigenvalue weighted by Gasteiger charge is -2.38. The Bertz CT molecular complexity index is 953. The highest BCUT2D eigenvalue weighted by Crippen LogP contribution is 2.28. The van der Waals surface area contributed by atoms with Crippen LogP contribution in [0, 0.1) is 5.82 Å². The minimum Gasteiger partial charge on any atom is -0.353 e. The molecular weight excluding hydrogens is 377 g/mol. The molecule has 1 aliphatic rings. The molecule has 0 spiro atoms. The van der Waals surface area contributed by atoms with Crippen molar-refractivity contribution in [1.82, 2.24) is 20.2 Å². The second-order valence-electron chi connectivity index (χ2n) is 6.88. The summed E-state index contributed by atoms with van der Waals surface area (Å²) in [6, 6.07) is 7.98. The average molecular weight is 399 g/mol. The molecule has 1 aliphatic heterocycles. The van der Waals surface area contributed by atoms with Crippen molar-refractivity contribution in [2.24, 2.45) is 0 Å². The van der Waals surface area contributed by atoms with Gasteiger partial charge in [-0.2, -0.15) is 0 Å². The molecule has 1 aromatic carbocycles. The molecule has 2 aromatic heterocycles. The summed E-state index contributed by atoms with van der Waals surface area (Å²) in [6.45, 7) is 5.56. The van der Waals surface area contributed by atoms with Gasteiger partial charge in [-0.1, -0.05) is 12.1 Å². The molecular formula is C20H22FN5OS. The minimum absolute atomic E-state index is 0.0135. The molecule has 0 aliphatic carbocycles. The number of thiophene rings is 1. The first kappa shape index (κ1) is 18.8. The summed E-state index contributed by atoms with van der Waals surface area (Å²) in [5, 5.41) is 4.98. The van der Waals surface area contributed by atoms with Gasteiger partial charge in [0.05, 0.1) is 16.3 Å². The van der Waals surface area contributed by atoms with Gasteiger partial charge in [0.1, 0.15) is 18.0 Å². The molecule has 1 saturated heterocycles. The first-order valence-electron chi connectivity index (χ1n) is 9.31. The molecule has 1 amide bonds. The number of halogens is 1. The van der Waals surface area contributed by atoms with Crippen molar-refractivity contribution in [3.05, 3.63) is 53.4 Å². The Morgan fingerprint density at radius 2 is 1.93 bits per heavy atom. The highest BCUT2D eigenvalue weighted by Gasteiger charge is 2.26. The average Bonchev–Trinajstić information content (AvgIpc) is 3.22. The van der Waals surface area contributed by atoms with Crippen LogP contribution >= 0.6 is 11.3 Å². The van der Waals surface area contributed by atoms with Crippen molar-refractivity contribution in [2.75, 3.05) is 31.1 Å². The number of benzene rings is 1. The fourth-order valence-corrected chi connectivity index (χ4v) is 4.29. The molecule has 1 atom stereocenters. The van der Waals surface area contributed by atoms with E-state index in [-0.39, 0.29) is 17.8 Å². The van der Waals surface area contributed by atoms with Crippen LogP contribution in [0.3, 0.4) is 0 Å². The molecule has 0 unspecified atom stereocenters. The predicted octanol–water partition coefficient (Wildman–Crippen LogP) is 2.66. The molecule has 4 rings (SSSR count). The number of nitrogens with one attached hydrogen (secondary N) is 1. The van der Waals surface area contributed by atoms with Crippen LogP contribution in [-0.4, -0.2) is 53.0 Å². The largest absolute Gasteiger partial charge is 0.353 e. The van der Waals surface area contributed by atoms with Crippen LogP contribution in [-0.2, 0) is 11.3 Å². The number of carbonyl (C=O) groups excluding carboxylic acids is 1. The zero-order chi connectivity index (χ0) is 19.5. The standard InChI is InChI=1S/C20H22FN5OS/c1-14(20(27)22-12-15-2-4-16(21)5-3-15)25-7-9-26(10-8-25)19-18-17(6-11-28-18)23-13-24-19/h2-6,11,13-14H,7-10,12H2,1H3,(H,22,27)/t14-/m0/s1. The van der Waals surface area contributed by atoms with Crippen molar-refractivity contribution in [3.8, 4) is 0 Å². The Balaban J connectivity index is 1.32. The SMILES string of the molecule is C[C@@H](C(=O)NCc1ccc(F)cc1)N1CCN(c2ncnc3ccsc23)CC1. The Morgan fingerprint density at radius 3 is 2.68 bits per heavy atom. The summed E-state index contributed by atoms with van der Waals surface area (Å²) in [7, 11) is 0. The molecule has 6 nitrogen and oxygen atoms in total. The van der Waals surface area contributed by atoms with Gasteiger partial charge in [-0.25, -0.2) is 14.4 Å². The van der Waals surface area contributed by atoms with Crippen LogP contribution in [0.2, 0.25) is 0 Å². The molecule has 146 valence electrons. The van der Waals surface area contributed by atoms with Crippen molar-refractivity contribution in [3.63, 3.8) is 0 Å². The molecule has 1 fully saturated rings. The zero-order valence-electron chi connectivity index (χ0n) is 15.6. The van der Waals surface area contributed by atoms with Crippen LogP contribution in [0.15, 0.2) is 42.0 Å². The molecule has 0 radical (unpaired) electrons. The van der Waals surface area contributed by atoms with Crippen molar-refractivity contribution in [1.29, 1.82) is 0 Å². The maximum atomic E-state index is 13.0. The lowest BCUT2D eigenvalue weighted by atomic mass is 10.2. The number of nitrogens with zero attached hydrogens (tertiary/aromatic N) is 4. The zero-order valence-corrected chi connectivity index (χ0v) is 16.5. The number of hydrogen-bond donors (Lipinski definition) is 1. The maximum absolute atomic E-state index is 13.0. The quantitative estimate of drug-likeness (QED) is 0.715. The van der Waals surface area contributed by atoms with Gasteiger partial charge in [-0.15, -0.1) is 11.3 Å². The smallest absolute Gasteiger partial charge is 0.237 e. The van der Waals surface area contributed by atoms with Gasteiger partial charge >= 0.3 is 0 Å². The van der Waals surface area contributed by atoms with E-state index < -0.39 is 0 Å². The number of piperazine rings is 1. The van der Waals surface area contributed by atoms with Crippen molar-refractivity contribution in [2.45, 2.75) is 19.5 Å². The van der Waals surface area contributed by atoms with Crippen LogP contribution in [0.1, 0.15) is 12.5 Å². The summed E-state index contributed by atoms with van der Waals surface area (Å²) in [6.07, 6.45) is 1.61. The molecule has 3 heterocycles. The van der Waals surface area contributed by atoms with E-state index >= 15 is 0 Å². The minimum atomic E-state index is -0.273. The molecule has 3 aromatic rings. The first-order valence-corrected chi connectivity index (χ1v) is 10.2. The fraction of sp³-hybridized carbons (Fsp3) is 0.350. The Morgan fingerprint density at radius 1 is 1.18 bits per heavy atom. The number of hydrogen-bond acceptors (Lipinski definition) is 6. The Kier molecular flexibility index (Phi) is 5.50. The molecule has 28 heavy (non-hydrogen) atoms. The molecule has 1 N–H and O–H groups in total. The lowest BCUT2D eigenvalue weighted by Crippen LogP contribution is -2.54. The van der Waals surface area contributed by atoms with Gasteiger partial charge in [0.15, 0.2) is 0 Å². The summed E-state index contributed by atoms with van der Waals surface area (Å²) in [5.41, 5.74) is 1.86. The summed E-state index contributed by atoms with van der Waals surface area (Å²) < 4.78 is 14.1. The second-order valence-corrected chi connectivity index (χ2v) is 7.79. The predicted molar refractivity (Wildman–Crippen MR) is 109 cm³/mol. The van der Waals surface area contributed by atoms with Crippen molar-refractivity contribution < 1.29 is 9.18 Å². The normalized spacial score (nSPS) is 16.3. The van der Waals surface area contributed by atoms with E-state index in [4.69, 9.17) is 0 Å². The van der Waals surface area contributed by atoms with Gasteiger partial charge < -0.3 is 10.2 Å². The molecule has 0 bridgehead atoms. The maximum Gasteiger partial charge on any atom is 0.237 e. The number of rotatable bonds is 5. The van der Waals surface area contributed by atoms with Crippen LogP contribution < -0.4 is 10.2 Å². The van der Waals surface area contributed by atoms with Crippen LogP contribution in [0.25, 0.3) is 10.2 Å². The highest BCUT2D eigenvalue weighted by molar-refractivity contribution is 7.17. The second kappa shape index (κ2) is 8.20. The number of amides is 1. The van der Waals surface area contributed by atoms with E-state index in [0.29, 0.717) is 6.54 Å².